The molecule has 1 amide bonds. The molecule has 2 N–H and O–H groups in total. The SMILES string of the molecule is CCC(C)C(=O)Nc1ccc(C(=O)/C=C2\NC(C)(C)Cc3ccc(OC)cc32)cc1. The molecule has 3 rings (SSSR count). The summed E-state index contributed by atoms with van der Waals surface area (Å²) in [6.45, 7) is 8.11. The fourth-order valence-corrected chi connectivity index (χ4v) is 3.54. The van der Waals surface area contributed by atoms with Gasteiger partial charge in [-0.1, -0.05) is 19.9 Å². The predicted molar refractivity (Wildman–Crippen MR) is 121 cm³/mol. The molecule has 30 heavy (non-hydrogen) atoms. The lowest BCUT2D eigenvalue weighted by molar-refractivity contribution is -0.119. The molecule has 1 heterocycles. The van der Waals surface area contributed by atoms with Crippen LogP contribution in [-0.4, -0.2) is 24.3 Å². The fraction of sp³-hybridized carbons (Fsp3) is 0.360. The Balaban J connectivity index is 1.84. The summed E-state index contributed by atoms with van der Waals surface area (Å²) in [7, 11) is 1.64. The highest BCUT2D eigenvalue weighted by atomic mass is 16.5. The lowest BCUT2D eigenvalue weighted by atomic mass is 9.85. The van der Waals surface area contributed by atoms with E-state index in [1.54, 1.807) is 37.5 Å². The van der Waals surface area contributed by atoms with E-state index in [1.807, 2.05) is 26.0 Å². The van der Waals surface area contributed by atoms with Gasteiger partial charge in [-0.25, -0.2) is 0 Å². The molecule has 1 aliphatic rings. The van der Waals surface area contributed by atoms with Crippen LogP contribution in [0.4, 0.5) is 5.69 Å². The number of anilines is 1. The van der Waals surface area contributed by atoms with Crippen molar-refractivity contribution in [2.45, 2.75) is 46.1 Å². The summed E-state index contributed by atoms with van der Waals surface area (Å²) < 4.78 is 5.37. The largest absolute Gasteiger partial charge is 0.497 e. The van der Waals surface area contributed by atoms with Gasteiger partial charge in [0.15, 0.2) is 5.78 Å². The summed E-state index contributed by atoms with van der Waals surface area (Å²) in [5.74, 6) is 0.602. The number of amides is 1. The zero-order chi connectivity index (χ0) is 21.9. The topological polar surface area (TPSA) is 67.4 Å². The van der Waals surface area contributed by atoms with Crippen molar-refractivity contribution in [1.29, 1.82) is 0 Å². The summed E-state index contributed by atoms with van der Waals surface area (Å²) in [5, 5.41) is 6.37. The molecular formula is C25H30N2O3. The Labute approximate surface area is 178 Å². The van der Waals surface area contributed by atoms with E-state index in [9.17, 15) is 9.59 Å². The fourth-order valence-electron chi connectivity index (χ4n) is 3.54. The summed E-state index contributed by atoms with van der Waals surface area (Å²) in [5.41, 5.74) is 4.06. The average Bonchev–Trinajstić information content (AvgIpc) is 2.72. The van der Waals surface area contributed by atoms with Crippen molar-refractivity contribution >= 4 is 23.1 Å². The molecule has 1 aliphatic heterocycles. The Kier molecular flexibility index (Phi) is 6.30. The zero-order valence-corrected chi connectivity index (χ0v) is 18.3. The molecule has 1 unspecified atom stereocenters. The summed E-state index contributed by atoms with van der Waals surface area (Å²) in [6.07, 6.45) is 3.29. The van der Waals surface area contributed by atoms with E-state index < -0.39 is 0 Å². The maximum atomic E-state index is 12.9. The van der Waals surface area contributed by atoms with Gasteiger partial charge in [0.2, 0.25) is 5.91 Å². The number of carbonyl (C=O) groups is 2. The third-order valence-electron chi connectivity index (χ3n) is 5.48. The van der Waals surface area contributed by atoms with Crippen molar-refractivity contribution in [3.63, 3.8) is 0 Å². The first-order valence-corrected chi connectivity index (χ1v) is 10.3. The van der Waals surface area contributed by atoms with Crippen LogP contribution in [0.3, 0.4) is 0 Å². The number of allylic oxidation sites excluding steroid dienone is 1. The van der Waals surface area contributed by atoms with Crippen LogP contribution in [0.2, 0.25) is 0 Å². The van der Waals surface area contributed by atoms with Crippen LogP contribution in [-0.2, 0) is 11.2 Å². The first-order valence-electron chi connectivity index (χ1n) is 10.3. The van der Waals surface area contributed by atoms with Gasteiger partial charge in [0, 0.05) is 40.0 Å². The highest BCUT2D eigenvalue weighted by Gasteiger charge is 2.28. The Hall–Kier alpha value is -3.08. The third kappa shape index (κ3) is 4.90. The van der Waals surface area contributed by atoms with Crippen LogP contribution < -0.4 is 15.4 Å². The average molecular weight is 407 g/mol. The Morgan fingerprint density at radius 2 is 1.90 bits per heavy atom. The van der Waals surface area contributed by atoms with E-state index in [0.717, 1.165) is 29.9 Å². The lowest BCUT2D eigenvalue weighted by Gasteiger charge is -2.35. The highest BCUT2D eigenvalue weighted by molar-refractivity contribution is 6.09. The van der Waals surface area contributed by atoms with Crippen molar-refractivity contribution in [1.82, 2.24) is 5.32 Å². The summed E-state index contributed by atoms with van der Waals surface area (Å²) in [4.78, 5) is 25.0. The number of hydrogen-bond donors (Lipinski definition) is 2. The van der Waals surface area contributed by atoms with E-state index >= 15 is 0 Å². The standard InChI is InChI=1S/C25H30N2O3/c1-6-16(2)24(29)26-19-10-7-17(8-11-19)23(28)14-22-21-13-20(30-5)12-9-18(21)15-25(3,4)27-22/h7-14,16,27H,6,15H2,1-5H3,(H,26,29)/b22-14-. The third-order valence-corrected chi connectivity index (χ3v) is 5.48. The molecule has 5 heteroatoms. The normalized spacial score (nSPS) is 16.9. The molecule has 0 saturated carbocycles. The van der Waals surface area contributed by atoms with Gasteiger partial charge in [-0.05, 0) is 68.7 Å². The molecule has 0 fully saturated rings. The molecule has 2 aromatic rings. The Morgan fingerprint density at radius 3 is 2.53 bits per heavy atom. The van der Waals surface area contributed by atoms with Gasteiger partial charge in [-0.15, -0.1) is 0 Å². The second-order valence-electron chi connectivity index (χ2n) is 8.51. The lowest BCUT2D eigenvalue weighted by Crippen LogP contribution is -2.43. The molecule has 1 atom stereocenters. The molecule has 0 bridgehead atoms. The van der Waals surface area contributed by atoms with Gasteiger partial charge in [0.25, 0.3) is 0 Å². The van der Waals surface area contributed by atoms with Crippen molar-refractivity contribution in [2.75, 3.05) is 12.4 Å². The van der Waals surface area contributed by atoms with Crippen LogP contribution in [0, 0.1) is 5.92 Å². The van der Waals surface area contributed by atoms with Crippen LogP contribution in [0.1, 0.15) is 55.6 Å². The number of carbonyl (C=O) groups excluding carboxylic acids is 2. The number of hydrogen-bond acceptors (Lipinski definition) is 4. The summed E-state index contributed by atoms with van der Waals surface area (Å²) >= 11 is 0. The van der Waals surface area contributed by atoms with Gasteiger partial charge >= 0.3 is 0 Å². The minimum absolute atomic E-state index is 0.0158. The van der Waals surface area contributed by atoms with Crippen LogP contribution in [0.15, 0.2) is 48.5 Å². The molecule has 158 valence electrons. The number of ketones is 1. The van der Waals surface area contributed by atoms with Crippen molar-refractivity contribution in [3.8, 4) is 5.75 Å². The van der Waals surface area contributed by atoms with E-state index in [-0.39, 0.29) is 23.1 Å². The minimum Gasteiger partial charge on any atom is -0.497 e. The molecule has 2 aromatic carbocycles. The number of benzene rings is 2. The van der Waals surface area contributed by atoms with E-state index in [1.165, 1.54) is 5.56 Å². The zero-order valence-electron chi connectivity index (χ0n) is 18.3. The molecule has 0 saturated heterocycles. The molecule has 0 aromatic heterocycles. The predicted octanol–water partition coefficient (Wildman–Crippen LogP) is 4.83. The maximum Gasteiger partial charge on any atom is 0.227 e. The molecule has 0 spiro atoms. The van der Waals surface area contributed by atoms with E-state index in [4.69, 9.17) is 4.74 Å². The van der Waals surface area contributed by atoms with E-state index in [0.29, 0.717) is 11.3 Å². The van der Waals surface area contributed by atoms with Crippen molar-refractivity contribution in [3.05, 3.63) is 65.2 Å². The number of methoxy groups -OCH3 is 1. The van der Waals surface area contributed by atoms with Gasteiger partial charge in [0.05, 0.1) is 7.11 Å². The quantitative estimate of drug-likeness (QED) is 0.533. The van der Waals surface area contributed by atoms with Gasteiger partial charge < -0.3 is 15.4 Å². The van der Waals surface area contributed by atoms with Crippen molar-refractivity contribution < 1.29 is 14.3 Å². The number of fused-ring (bicyclic) bond motifs is 1. The maximum absolute atomic E-state index is 12.9. The van der Waals surface area contributed by atoms with Crippen LogP contribution >= 0.6 is 0 Å². The molecule has 0 radical (unpaired) electrons. The van der Waals surface area contributed by atoms with E-state index in [2.05, 4.69) is 30.5 Å². The smallest absolute Gasteiger partial charge is 0.227 e. The Morgan fingerprint density at radius 1 is 1.20 bits per heavy atom. The molecule has 0 aliphatic carbocycles. The minimum atomic E-state index is -0.155. The molecular weight excluding hydrogens is 376 g/mol. The van der Waals surface area contributed by atoms with Crippen LogP contribution in [0.5, 0.6) is 5.75 Å². The highest BCUT2D eigenvalue weighted by Crippen LogP contribution is 2.32. The van der Waals surface area contributed by atoms with Gasteiger partial charge in [-0.2, -0.15) is 0 Å². The molecule has 5 nitrogen and oxygen atoms in total. The van der Waals surface area contributed by atoms with Crippen molar-refractivity contribution in [2.24, 2.45) is 5.92 Å². The Bertz CT molecular complexity index is 974. The summed E-state index contributed by atoms with van der Waals surface area (Å²) in [6, 6.07) is 13.0. The first-order chi connectivity index (χ1) is 14.2. The van der Waals surface area contributed by atoms with Gasteiger partial charge in [-0.3, -0.25) is 9.59 Å². The number of nitrogens with one attached hydrogen (secondary N) is 2. The monoisotopic (exact) mass is 406 g/mol. The first kappa shape index (κ1) is 21.6. The number of ether oxygens (including phenoxy) is 1. The van der Waals surface area contributed by atoms with Gasteiger partial charge in [0.1, 0.15) is 5.75 Å². The second-order valence-corrected chi connectivity index (χ2v) is 8.51. The van der Waals surface area contributed by atoms with Crippen LogP contribution in [0.25, 0.3) is 5.70 Å². The second kappa shape index (κ2) is 8.74. The number of rotatable bonds is 6.